The summed E-state index contributed by atoms with van der Waals surface area (Å²) in [4.78, 5) is 24.7. The van der Waals surface area contributed by atoms with Crippen LogP contribution < -0.4 is 10.5 Å². The molecule has 4 atom stereocenters. The molecule has 0 radical (unpaired) electrons. The summed E-state index contributed by atoms with van der Waals surface area (Å²) in [5.41, 5.74) is 5.26. The van der Waals surface area contributed by atoms with Gasteiger partial charge in [-0.1, -0.05) is 6.07 Å². The average molecular weight is 450 g/mol. The van der Waals surface area contributed by atoms with Gasteiger partial charge >= 0.3 is 0 Å². The number of amidine groups is 1. The predicted molar refractivity (Wildman–Crippen MR) is 106 cm³/mol. The number of aliphatic imine (C=N–C) groups is 1. The lowest BCUT2D eigenvalue weighted by Crippen LogP contribution is -2.50. The van der Waals surface area contributed by atoms with Crippen molar-refractivity contribution in [3.8, 4) is 5.88 Å². The molecule has 2 aliphatic rings. The Labute approximate surface area is 181 Å². The highest BCUT2D eigenvalue weighted by Crippen LogP contribution is 2.46. The summed E-state index contributed by atoms with van der Waals surface area (Å²) in [6.45, 7) is -0.0778. The molecule has 8 nitrogen and oxygen atoms in total. The van der Waals surface area contributed by atoms with Crippen molar-refractivity contribution in [2.45, 2.75) is 31.1 Å². The molecule has 11 heteroatoms. The van der Waals surface area contributed by atoms with Crippen molar-refractivity contribution in [1.29, 1.82) is 0 Å². The van der Waals surface area contributed by atoms with Gasteiger partial charge in [-0.3, -0.25) is 4.79 Å². The molecular weight excluding hydrogens is 429 g/mol. The van der Waals surface area contributed by atoms with Crippen LogP contribution in [0.4, 0.5) is 13.2 Å². The quantitative estimate of drug-likeness (QED) is 0.645. The Kier molecular flexibility index (Phi) is 6.00. The lowest BCUT2D eigenvalue weighted by molar-refractivity contribution is 0.0400. The van der Waals surface area contributed by atoms with E-state index < -0.39 is 43.0 Å². The zero-order valence-electron chi connectivity index (χ0n) is 17.1. The third-order valence-corrected chi connectivity index (χ3v) is 5.75. The number of Topliss-reactive ketones (excluding diaryl/α,β-unsaturated/α-hetero) is 1. The van der Waals surface area contributed by atoms with Gasteiger partial charge in [-0.05, 0) is 24.6 Å². The van der Waals surface area contributed by atoms with Gasteiger partial charge in [0.2, 0.25) is 12.7 Å². The van der Waals surface area contributed by atoms with Crippen LogP contribution in [0, 0.1) is 11.7 Å². The number of rotatable bonds is 7. The number of aromatic nitrogens is 2. The molecule has 3 heterocycles. The molecule has 170 valence electrons. The molecule has 0 amide bonds. The van der Waals surface area contributed by atoms with E-state index in [1.807, 2.05) is 0 Å². The van der Waals surface area contributed by atoms with E-state index in [1.165, 1.54) is 24.4 Å². The number of carbonyl (C=O) groups excluding carboxylic acids is 1. The van der Waals surface area contributed by atoms with Gasteiger partial charge in [0.15, 0.2) is 5.78 Å². The van der Waals surface area contributed by atoms with Crippen molar-refractivity contribution in [2.24, 2.45) is 16.6 Å². The van der Waals surface area contributed by atoms with E-state index in [0.29, 0.717) is 5.56 Å². The Balaban J connectivity index is 1.63. The molecule has 0 unspecified atom stereocenters. The third-order valence-electron chi connectivity index (χ3n) is 5.75. The molecule has 1 aromatic carbocycles. The lowest BCUT2D eigenvalue weighted by atomic mass is 9.74. The molecule has 0 bridgehead atoms. The normalized spacial score (nSPS) is 26.8. The molecular formula is C21H21F3N4O4. The van der Waals surface area contributed by atoms with Gasteiger partial charge in [0.25, 0.3) is 6.02 Å². The fourth-order valence-electron chi connectivity index (χ4n) is 4.30. The molecule has 0 aliphatic carbocycles. The summed E-state index contributed by atoms with van der Waals surface area (Å²) in [7, 11) is 0. The summed E-state index contributed by atoms with van der Waals surface area (Å²) < 4.78 is 56.3. The molecule has 1 fully saturated rings. The van der Waals surface area contributed by atoms with Gasteiger partial charge in [-0.2, -0.15) is 0 Å². The molecule has 0 spiro atoms. The first kappa shape index (κ1) is 22.0. The first-order chi connectivity index (χ1) is 15.4. The van der Waals surface area contributed by atoms with E-state index in [-0.39, 0.29) is 42.0 Å². The standard InChI is InChI=1S/C21H21F3N4O4/c1-21(19-16(6-22)30-9-17(19)32-20(25)28-21)12-4-11(2-3-13(12)24)5-15(29)14-7-27-18(8-26-14)31-10-23/h2-4,7-8,16-17,19H,5-6,9-10H2,1H3,(H2,25,28)/t16-,17+,19-,21+/m0/s1. The van der Waals surface area contributed by atoms with E-state index >= 15 is 0 Å². The number of hydrogen-bond acceptors (Lipinski definition) is 8. The average Bonchev–Trinajstić information content (AvgIpc) is 3.19. The summed E-state index contributed by atoms with van der Waals surface area (Å²) >= 11 is 0. The Morgan fingerprint density at radius 1 is 1.31 bits per heavy atom. The minimum atomic E-state index is -1.26. The van der Waals surface area contributed by atoms with E-state index in [9.17, 15) is 18.0 Å². The smallest absolute Gasteiger partial charge is 0.283 e. The van der Waals surface area contributed by atoms with Gasteiger partial charge in [0.05, 0.1) is 31.0 Å². The van der Waals surface area contributed by atoms with Gasteiger partial charge < -0.3 is 19.9 Å². The van der Waals surface area contributed by atoms with Crippen molar-refractivity contribution in [1.82, 2.24) is 9.97 Å². The number of alkyl halides is 2. The number of benzene rings is 1. The highest BCUT2D eigenvalue weighted by Gasteiger charge is 2.54. The van der Waals surface area contributed by atoms with Crippen molar-refractivity contribution < 1.29 is 32.2 Å². The second-order valence-electron chi connectivity index (χ2n) is 7.71. The molecule has 1 aromatic heterocycles. The number of fused-ring (bicyclic) bond motifs is 1. The van der Waals surface area contributed by atoms with Gasteiger partial charge in [-0.15, -0.1) is 0 Å². The van der Waals surface area contributed by atoms with Crippen LogP contribution in [-0.2, 0) is 21.4 Å². The first-order valence-corrected chi connectivity index (χ1v) is 9.88. The summed E-state index contributed by atoms with van der Waals surface area (Å²) in [5.74, 6) is -1.61. The zero-order chi connectivity index (χ0) is 22.9. The van der Waals surface area contributed by atoms with Crippen LogP contribution in [0.15, 0.2) is 35.6 Å². The topological polar surface area (TPSA) is 109 Å². The second kappa shape index (κ2) is 8.73. The number of ketones is 1. The Hall–Kier alpha value is -3.21. The van der Waals surface area contributed by atoms with Crippen molar-refractivity contribution in [2.75, 3.05) is 20.1 Å². The Bertz CT molecular complexity index is 1040. The lowest BCUT2D eigenvalue weighted by Gasteiger charge is -2.40. The Morgan fingerprint density at radius 3 is 2.81 bits per heavy atom. The van der Waals surface area contributed by atoms with E-state index in [2.05, 4.69) is 19.7 Å². The van der Waals surface area contributed by atoms with Crippen LogP contribution in [0.1, 0.15) is 28.5 Å². The van der Waals surface area contributed by atoms with E-state index in [1.54, 1.807) is 6.92 Å². The molecule has 0 saturated carbocycles. The van der Waals surface area contributed by atoms with Crippen LogP contribution >= 0.6 is 0 Å². The summed E-state index contributed by atoms with van der Waals surface area (Å²) in [6.07, 6.45) is 0.819. The molecule has 32 heavy (non-hydrogen) atoms. The number of hydrogen-bond donors (Lipinski definition) is 1. The maximum absolute atomic E-state index is 15.0. The van der Waals surface area contributed by atoms with Gasteiger partial charge in [0, 0.05) is 12.0 Å². The second-order valence-corrected chi connectivity index (χ2v) is 7.71. The van der Waals surface area contributed by atoms with Crippen molar-refractivity contribution in [3.05, 3.63) is 53.2 Å². The maximum Gasteiger partial charge on any atom is 0.283 e. The first-order valence-electron chi connectivity index (χ1n) is 9.88. The van der Waals surface area contributed by atoms with Gasteiger partial charge in [0.1, 0.15) is 29.8 Å². The minimum Gasteiger partial charge on any atom is -0.459 e. The SMILES string of the molecule is C[C@]1(c2cc(CC(=O)c3cnc(OCF)cn3)ccc2F)N=C(N)O[C@@H]2CO[C@@H](CF)[C@@H]21. The molecule has 1 saturated heterocycles. The van der Waals surface area contributed by atoms with Crippen LogP contribution in [0.2, 0.25) is 0 Å². The van der Waals surface area contributed by atoms with Crippen molar-refractivity contribution in [3.63, 3.8) is 0 Å². The monoisotopic (exact) mass is 450 g/mol. The number of nitrogens with two attached hydrogens (primary N) is 1. The highest BCUT2D eigenvalue weighted by molar-refractivity contribution is 5.95. The van der Waals surface area contributed by atoms with Crippen LogP contribution in [0.3, 0.4) is 0 Å². The number of nitrogens with zero attached hydrogens (tertiary/aromatic N) is 3. The molecule has 2 N–H and O–H groups in total. The highest BCUT2D eigenvalue weighted by atomic mass is 19.1. The number of halogens is 3. The predicted octanol–water partition coefficient (Wildman–Crippen LogP) is 2.26. The fourth-order valence-corrected chi connectivity index (χ4v) is 4.30. The third kappa shape index (κ3) is 3.99. The zero-order valence-corrected chi connectivity index (χ0v) is 17.1. The fraction of sp³-hybridized carbons (Fsp3) is 0.429. The van der Waals surface area contributed by atoms with E-state index in [0.717, 1.165) is 6.20 Å². The molecule has 2 aromatic rings. The maximum atomic E-state index is 15.0. The van der Waals surface area contributed by atoms with Crippen LogP contribution in [-0.4, -0.2) is 54.1 Å². The van der Waals surface area contributed by atoms with E-state index in [4.69, 9.17) is 15.2 Å². The molecule has 2 aliphatic heterocycles. The minimum absolute atomic E-state index is 0.0448. The van der Waals surface area contributed by atoms with Crippen LogP contribution in [0.25, 0.3) is 0 Å². The summed E-state index contributed by atoms with van der Waals surface area (Å²) in [6, 6.07) is 4.07. The largest absolute Gasteiger partial charge is 0.459 e. The Morgan fingerprint density at radius 2 is 2.12 bits per heavy atom. The summed E-state index contributed by atoms with van der Waals surface area (Å²) in [5, 5.41) is 0. The van der Waals surface area contributed by atoms with Crippen molar-refractivity contribution >= 4 is 11.8 Å². The van der Waals surface area contributed by atoms with Crippen LogP contribution in [0.5, 0.6) is 5.88 Å². The molecule has 4 rings (SSSR count). The number of ether oxygens (including phenoxy) is 3. The number of carbonyl (C=O) groups is 1. The van der Waals surface area contributed by atoms with Gasteiger partial charge in [-0.25, -0.2) is 28.1 Å².